The second-order valence-corrected chi connectivity index (χ2v) is 2.05. The molecule has 1 heterocycles. The molecule has 0 aliphatic carbocycles. The number of hydrogen-bond donors (Lipinski definition) is 2. The number of imidazole rings is 1. The Hall–Kier alpha value is -1.51. The number of nitrogens with zero attached hydrogens (tertiary/aromatic N) is 1. The molecule has 0 saturated heterocycles. The average Bonchev–Trinajstić information content (AvgIpc) is 2.33. The van der Waals surface area contributed by atoms with Gasteiger partial charge in [0.05, 0.1) is 11.0 Å². The van der Waals surface area contributed by atoms with Crippen LogP contribution in [-0.2, 0) is 0 Å². The van der Waals surface area contributed by atoms with Crippen molar-refractivity contribution < 1.29 is 5.11 Å². The van der Waals surface area contributed by atoms with Crippen molar-refractivity contribution in [3.05, 3.63) is 24.5 Å². The van der Waals surface area contributed by atoms with Crippen molar-refractivity contribution in [1.29, 1.82) is 0 Å². The van der Waals surface area contributed by atoms with E-state index in [2.05, 4.69) is 16.3 Å². The Balaban J connectivity index is 2.86. The lowest BCUT2D eigenvalue weighted by atomic mass is 10.3. The Morgan fingerprint density at radius 1 is 1.50 bits per heavy atom. The first-order chi connectivity index (χ1) is 4.86. The summed E-state index contributed by atoms with van der Waals surface area (Å²) in [6, 6.07) is 4.95. The lowest BCUT2D eigenvalue weighted by Gasteiger charge is -1.88. The molecule has 10 heavy (non-hydrogen) atoms. The summed E-state index contributed by atoms with van der Waals surface area (Å²) in [5, 5.41) is 8.98. The van der Waals surface area contributed by atoms with Crippen LogP contribution in [0.4, 0.5) is 0 Å². The van der Waals surface area contributed by atoms with Crippen molar-refractivity contribution in [2.24, 2.45) is 0 Å². The van der Waals surface area contributed by atoms with E-state index in [1.54, 1.807) is 18.2 Å². The number of H-pyrrole nitrogens is 1. The summed E-state index contributed by atoms with van der Waals surface area (Å²) in [5.74, 6) is 0.230. The topological polar surface area (TPSA) is 48.9 Å². The number of phenolic OH excluding ortho intramolecular Hbond substituents is 1. The van der Waals surface area contributed by atoms with E-state index in [1.807, 2.05) is 0 Å². The van der Waals surface area contributed by atoms with Crippen LogP contribution in [0.2, 0.25) is 0 Å². The number of aromatic amines is 1. The van der Waals surface area contributed by atoms with Gasteiger partial charge in [-0.05, 0) is 12.1 Å². The molecule has 0 atom stereocenters. The highest BCUT2D eigenvalue weighted by molar-refractivity contribution is 5.75. The van der Waals surface area contributed by atoms with Crippen molar-refractivity contribution in [2.75, 3.05) is 0 Å². The molecule has 1 aromatic carbocycles. The number of hydrogen-bond acceptors (Lipinski definition) is 2. The molecule has 2 rings (SSSR count). The summed E-state index contributed by atoms with van der Waals surface area (Å²) in [6.45, 7) is 0. The highest BCUT2D eigenvalue weighted by atomic mass is 16.3. The highest BCUT2D eigenvalue weighted by Gasteiger charge is 1.94. The number of rotatable bonds is 0. The van der Waals surface area contributed by atoms with Crippen LogP contribution in [-0.4, -0.2) is 15.1 Å². The third-order valence-corrected chi connectivity index (χ3v) is 1.35. The first-order valence-electron chi connectivity index (χ1n) is 2.91. The van der Waals surface area contributed by atoms with Crippen LogP contribution < -0.4 is 0 Å². The summed E-state index contributed by atoms with van der Waals surface area (Å²) >= 11 is 0. The maximum atomic E-state index is 8.98. The van der Waals surface area contributed by atoms with Crippen LogP contribution in [0.5, 0.6) is 5.75 Å². The van der Waals surface area contributed by atoms with Gasteiger partial charge in [0.2, 0.25) is 0 Å². The van der Waals surface area contributed by atoms with Crippen LogP contribution in [0.1, 0.15) is 0 Å². The molecular weight excluding hydrogens is 128 g/mol. The predicted molar refractivity (Wildman–Crippen MR) is 36.6 cm³/mol. The van der Waals surface area contributed by atoms with Gasteiger partial charge in [0, 0.05) is 6.07 Å². The maximum absolute atomic E-state index is 8.98. The van der Waals surface area contributed by atoms with Crippen LogP contribution in [0.3, 0.4) is 0 Å². The van der Waals surface area contributed by atoms with E-state index >= 15 is 0 Å². The Bertz CT molecular complexity index is 353. The van der Waals surface area contributed by atoms with Crippen LogP contribution in [0.15, 0.2) is 18.2 Å². The van der Waals surface area contributed by atoms with E-state index in [4.69, 9.17) is 5.11 Å². The van der Waals surface area contributed by atoms with Gasteiger partial charge in [-0.1, -0.05) is 0 Å². The normalized spacial score (nSPS) is 10.4. The van der Waals surface area contributed by atoms with Gasteiger partial charge < -0.3 is 10.1 Å². The van der Waals surface area contributed by atoms with Gasteiger partial charge in [0.25, 0.3) is 0 Å². The first kappa shape index (κ1) is 5.29. The van der Waals surface area contributed by atoms with Gasteiger partial charge in [-0.15, -0.1) is 0 Å². The third-order valence-electron chi connectivity index (χ3n) is 1.35. The number of benzene rings is 1. The van der Waals surface area contributed by atoms with Crippen molar-refractivity contribution in [3.63, 3.8) is 0 Å². The van der Waals surface area contributed by atoms with E-state index in [0.717, 1.165) is 11.0 Å². The zero-order chi connectivity index (χ0) is 6.97. The molecule has 0 aliphatic heterocycles. The SMILES string of the molecule is Oc1ccc2[nH][c]nc2c1. The minimum Gasteiger partial charge on any atom is -0.508 e. The maximum Gasteiger partial charge on any atom is 0.174 e. The molecule has 0 spiro atoms. The summed E-state index contributed by atoms with van der Waals surface area (Å²) in [5.41, 5.74) is 1.62. The van der Waals surface area contributed by atoms with Gasteiger partial charge in [-0.3, -0.25) is 0 Å². The second-order valence-electron chi connectivity index (χ2n) is 2.05. The monoisotopic (exact) mass is 133 g/mol. The fourth-order valence-corrected chi connectivity index (χ4v) is 0.867. The van der Waals surface area contributed by atoms with Crippen molar-refractivity contribution in [2.45, 2.75) is 0 Å². The molecule has 3 heteroatoms. The minimum atomic E-state index is 0.230. The molecule has 0 unspecified atom stereocenters. The standard InChI is InChI=1S/C7H5N2O/c10-5-1-2-6-7(3-5)9-4-8-6/h1-3,10H,(H,8,9). The molecular formula is C7H5N2O. The number of phenols is 1. The molecule has 0 aliphatic rings. The molecule has 2 aromatic rings. The molecule has 2 N–H and O–H groups in total. The minimum absolute atomic E-state index is 0.230. The van der Waals surface area contributed by atoms with Gasteiger partial charge in [-0.2, -0.15) is 0 Å². The zero-order valence-electron chi connectivity index (χ0n) is 5.13. The van der Waals surface area contributed by atoms with E-state index in [-0.39, 0.29) is 5.75 Å². The molecule has 1 aromatic heterocycles. The van der Waals surface area contributed by atoms with E-state index in [1.165, 1.54) is 0 Å². The molecule has 0 amide bonds. The number of fused-ring (bicyclic) bond motifs is 1. The first-order valence-corrected chi connectivity index (χ1v) is 2.91. The number of aromatic nitrogens is 2. The summed E-state index contributed by atoms with van der Waals surface area (Å²) in [4.78, 5) is 6.64. The van der Waals surface area contributed by atoms with E-state index in [0.29, 0.717) is 0 Å². The third kappa shape index (κ3) is 0.639. The van der Waals surface area contributed by atoms with Crippen LogP contribution >= 0.6 is 0 Å². The number of nitrogens with one attached hydrogen (secondary N) is 1. The molecule has 1 radical (unpaired) electrons. The quantitative estimate of drug-likeness (QED) is 0.564. The smallest absolute Gasteiger partial charge is 0.174 e. The molecule has 49 valence electrons. The Kier molecular flexibility index (Phi) is 0.917. The largest absolute Gasteiger partial charge is 0.508 e. The van der Waals surface area contributed by atoms with Crippen molar-refractivity contribution >= 4 is 11.0 Å². The highest BCUT2D eigenvalue weighted by Crippen LogP contribution is 2.14. The van der Waals surface area contributed by atoms with E-state index < -0.39 is 0 Å². The summed E-state index contributed by atoms with van der Waals surface area (Å²) in [7, 11) is 0. The molecule has 0 saturated carbocycles. The van der Waals surface area contributed by atoms with Gasteiger partial charge >= 0.3 is 0 Å². The van der Waals surface area contributed by atoms with Crippen LogP contribution in [0, 0.1) is 6.33 Å². The van der Waals surface area contributed by atoms with Crippen LogP contribution in [0.25, 0.3) is 11.0 Å². The van der Waals surface area contributed by atoms with E-state index in [9.17, 15) is 0 Å². The fourth-order valence-electron chi connectivity index (χ4n) is 0.867. The van der Waals surface area contributed by atoms with Crippen molar-refractivity contribution in [3.8, 4) is 5.75 Å². The molecule has 0 fully saturated rings. The van der Waals surface area contributed by atoms with Gasteiger partial charge in [-0.25, -0.2) is 4.98 Å². The van der Waals surface area contributed by atoms with Crippen molar-refractivity contribution in [1.82, 2.24) is 9.97 Å². The summed E-state index contributed by atoms with van der Waals surface area (Å²) < 4.78 is 0. The zero-order valence-corrected chi connectivity index (χ0v) is 5.13. The Morgan fingerprint density at radius 2 is 2.40 bits per heavy atom. The lowest BCUT2D eigenvalue weighted by molar-refractivity contribution is 0.476. The average molecular weight is 133 g/mol. The fraction of sp³-hybridized carbons (Fsp3) is 0. The van der Waals surface area contributed by atoms with Gasteiger partial charge in [0.1, 0.15) is 5.75 Å². The predicted octanol–water partition coefficient (Wildman–Crippen LogP) is 1.07. The Labute approximate surface area is 57.3 Å². The summed E-state index contributed by atoms with van der Waals surface area (Å²) in [6.07, 6.45) is 2.58. The second kappa shape index (κ2) is 1.73. The lowest BCUT2D eigenvalue weighted by Crippen LogP contribution is -1.67. The molecule has 0 bridgehead atoms. The number of aromatic hydroxyl groups is 1. The molecule has 3 nitrogen and oxygen atoms in total. The Morgan fingerprint density at radius 3 is 3.30 bits per heavy atom. The van der Waals surface area contributed by atoms with Gasteiger partial charge in [0.15, 0.2) is 6.33 Å².